The van der Waals surface area contributed by atoms with Gasteiger partial charge in [-0.25, -0.2) is 0 Å². The Morgan fingerprint density at radius 3 is 2.72 bits per heavy atom. The van der Waals surface area contributed by atoms with E-state index in [1.54, 1.807) is 0 Å². The molecule has 0 spiro atoms. The van der Waals surface area contributed by atoms with E-state index in [4.69, 9.17) is 4.74 Å². The van der Waals surface area contributed by atoms with Gasteiger partial charge in [-0.2, -0.15) is 0 Å². The molecule has 0 saturated carbocycles. The van der Waals surface area contributed by atoms with E-state index < -0.39 is 0 Å². The molecule has 1 rings (SSSR count). The Morgan fingerprint density at radius 2 is 2.06 bits per heavy atom. The molecule has 102 valence electrons. The second-order valence-corrected chi connectivity index (χ2v) is 5.74. The number of unbranched alkanes of at least 4 members (excludes halogenated alkanes) is 1. The van der Waals surface area contributed by atoms with Crippen molar-refractivity contribution in [2.75, 3.05) is 13.2 Å². The molecular formula is C15H24BrNO. The number of halogens is 1. The number of ether oxygens (including phenoxy) is 1. The van der Waals surface area contributed by atoms with Gasteiger partial charge in [-0.15, -0.1) is 0 Å². The van der Waals surface area contributed by atoms with E-state index in [9.17, 15) is 0 Å². The molecule has 0 aromatic heterocycles. The first-order valence-electron chi connectivity index (χ1n) is 6.67. The van der Waals surface area contributed by atoms with Gasteiger partial charge in [-0.1, -0.05) is 28.1 Å². The average molecular weight is 314 g/mol. The topological polar surface area (TPSA) is 21.3 Å². The monoisotopic (exact) mass is 313 g/mol. The molecule has 0 fully saturated rings. The highest BCUT2D eigenvalue weighted by atomic mass is 79.9. The lowest BCUT2D eigenvalue weighted by Gasteiger charge is -2.08. The van der Waals surface area contributed by atoms with Crippen molar-refractivity contribution >= 4 is 15.9 Å². The minimum absolute atomic E-state index is 0.350. The largest absolute Gasteiger partial charge is 0.379 e. The maximum Gasteiger partial charge on any atom is 0.0518 e. The molecule has 1 aromatic rings. The SMILES string of the molecule is Cc1ccc(CNCCCCOC(C)C)cc1Br. The maximum atomic E-state index is 5.50. The molecule has 3 heteroatoms. The van der Waals surface area contributed by atoms with Gasteiger partial charge in [0.25, 0.3) is 0 Å². The minimum Gasteiger partial charge on any atom is -0.379 e. The first kappa shape index (κ1) is 15.7. The van der Waals surface area contributed by atoms with Crippen molar-refractivity contribution in [3.63, 3.8) is 0 Å². The van der Waals surface area contributed by atoms with Crippen LogP contribution in [0.3, 0.4) is 0 Å². The molecule has 0 atom stereocenters. The Bertz CT molecular complexity index is 352. The third-order valence-corrected chi connectivity index (χ3v) is 3.62. The Balaban J connectivity index is 2.09. The summed E-state index contributed by atoms with van der Waals surface area (Å²) in [6.45, 7) is 9.11. The first-order chi connectivity index (χ1) is 8.59. The van der Waals surface area contributed by atoms with Crippen LogP contribution < -0.4 is 5.32 Å². The lowest BCUT2D eigenvalue weighted by atomic mass is 10.1. The number of hydrogen-bond donors (Lipinski definition) is 1. The molecule has 0 unspecified atom stereocenters. The molecule has 18 heavy (non-hydrogen) atoms. The van der Waals surface area contributed by atoms with Gasteiger partial charge in [-0.05, 0) is 57.4 Å². The lowest BCUT2D eigenvalue weighted by Crippen LogP contribution is -2.15. The van der Waals surface area contributed by atoms with Gasteiger partial charge in [0, 0.05) is 17.6 Å². The molecule has 2 nitrogen and oxygen atoms in total. The zero-order valence-electron chi connectivity index (χ0n) is 11.6. The summed E-state index contributed by atoms with van der Waals surface area (Å²) in [5, 5.41) is 3.46. The number of nitrogens with one attached hydrogen (secondary N) is 1. The molecule has 0 aliphatic heterocycles. The highest BCUT2D eigenvalue weighted by molar-refractivity contribution is 9.10. The van der Waals surface area contributed by atoms with Crippen LogP contribution in [0, 0.1) is 6.92 Å². The summed E-state index contributed by atoms with van der Waals surface area (Å²) >= 11 is 3.56. The zero-order chi connectivity index (χ0) is 13.4. The van der Waals surface area contributed by atoms with Crippen molar-refractivity contribution in [2.45, 2.75) is 46.3 Å². The van der Waals surface area contributed by atoms with E-state index in [-0.39, 0.29) is 0 Å². The van der Waals surface area contributed by atoms with Crippen LogP contribution in [0.25, 0.3) is 0 Å². The number of hydrogen-bond acceptors (Lipinski definition) is 2. The van der Waals surface area contributed by atoms with E-state index in [1.165, 1.54) is 22.0 Å². The Labute approximate surface area is 119 Å². The average Bonchev–Trinajstić information content (AvgIpc) is 2.32. The summed E-state index contributed by atoms with van der Waals surface area (Å²) < 4.78 is 6.69. The lowest BCUT2D eigenvalue weighted by molar-refractivity contribution is 0.0760. The van der Waals surface area contributed by atoms with Crippen molar-refractivity contribution in [1.82, 2.24) is 5.32 Å². The van der Waals surface area contributed by atoms with Crippen molar-refractivity contribution in [1.29, 1.82) is 0 Å². The highest BCUT2D eigenvalue weighted by Gasteiger charge is 1.97. The van der Waals surface area contributed by atoms with Gasteiger partial charge < -0.3 is 10.1 Å². The second kappa shape index (κ2) is 8.68. The smallest absolute Gasteiger partial charge is 0.0518 e. The molecule has 0 aliphatic rings. The minimum atomic E-state index is 0.350. The summed E-state index contributed by atoms with van der Waals surface area (Å²) in [6, 6.07) is 6.51. The third-order valence-electron chi connectivity index (χ3n) is 2.76. The molecule has 1 aromatic carbocycles. The third kappa shape index (κ3) is 6.53. The summed E-state index contributed by atoms with van der Waals surface area (Å²) in [5.41, 5.74) is 2.61. The predicted octanol–water partition coefficient (Wildman–Crippen LogP) is 4.05. The van der Waals surface area contributed by atoms with E-state index in [1.807, 2.05) is 0 Å². The molecule has 0 saturated heterocycles. The van der Waals surface area contributed by atoms with Crippen molar-refractivity contribution in [3.8, 4) is 0 Å². The summed E-state index contributed by atoms with van der Waals surface area (Å²) in [7, 11) is 0. The normalized spacial score (nSPS) is 11.2. The van der Waals surface area contributed by atoms with Gasteiger partial charge in [0.15, 0.2) is 0 Å². The first-order valence-corrected chi connectivity index (χ1v) is 7.46. The van der Waals surface area contributed by atoms with Crippen LogP contribution in [0.1, 0.15) is 37.8 Å². The molecule has 0 heterocycles. The van der Waals surface area contributed by atoms with Gasteiger partial charge in [-0.3, -0.25) is 0 Å². The molecular weight excluding hydrogens is 290 g/mol. The van der Waals surface area contributed by atoms with Crippen LogP contribution in [0.4, 0.5) is 0 Å². The van der Waals surface area contributed by atoms with Crippen LogP contribution in [-0.4, -0.2) is 19.3 Å². The van der Waals surface area contributed by atoms with Crippen molar-refractivity contribution < 1.29 is 4.74 Å². The van der Waals surface area contributed by atoms with Crippen LogP contribution in [0.15, 0.2) is 22.7 Å². The summed E-state index contributed by atoms with van der Waals surface area (Å²) in [5.74, 6) is 0. The second-order valence-electron chi connectivity index (χ2n) is 4.89. The quantitative estimate of drug-likeness (QED) is 0.731. The summed E-state index contributed by atoms with van der Waals surface area (Å²) in [6.07, 6.45) is 2.64. The van der Waals surface area contributed by atoms with Crippen LogP contribution >= 0.6 is 15.9 Å². The van der Waals surface area contributed by atoms with Gasteiger partial charge in [0.2, 0.25) is 0 Å². The van der Waals surface area contributed by atoms with E-state index in [2.05, 4.69) is 60.2 Å². The van der Waals surface area contributed by atoms with Crippen LogP contribution in [-0.2, 0) is 11.3 Å². The van der Waals surface area contributed by atoms with Crippen molar-refractivity contribution in [2.24, 2.45) is 0 Å². The predicted molar refractivity (Wildman–Crippen MR) is 80.9 cm³/mol. The van der Waals surface area contributed by atoms with Crippen molar-refractivity contribution in [3.05, 3.63) is 33.8 Å². The van der Waals surface area contributed by atoms with Crippen LogP contribution in [0.2, 0.25) is 0 Å². The number of benzene rings is 1. The fraction of sp³-hybridized carbons (Fsp3) is 0.600. The van der Waals surface area contributed by atoms with Gasteiger partial charge >= 0.3 is 0 Å². The van der Waals surface area contributed by atoms with E-state index in [0.29, 0.717) is 6.10 Å². The summed E-state index contributed by atoms with van der Waals surface area (Å²) in [4.78, 5) is 0. The zero-order valence-corrected chi connectivity index (χ0v) is 13.2. The Hall–Kier alpha value is -0.380. The van der Waals surface area contributed by atoms with Gasteiger partial charge in [0.05, 0.1) is 6.10 Å². The number of rotatable bonds is 8. The fourth-order valence-electron chi connectivity index (χ4n) is 1.65. The Morgan fingerprint density at radius 1 is 1.28 bits per heavy atom. The molecule has 1 N–H and O–H groups in total. The molecule has 0 bridgehead atoms. The highest BCUT2D eigenvalue weighted by Crippen LogP contribution is 2.17. The molecule has 0 radical (unpaired) electrons. The standard InChI is InChI=1S/C15H24BrNO/c1-12(2)18-9-5-4-8-17-11-14-7-6-13(3)15(16)10-14/h6-7,10,12,17H,4-5,8-9,11H2,1-3H3. The van der Waals surface area contributed by atoms with E-state index in [0.717, 1.165) is 26.1 Å². The maximum absolute atomic E-state index is 5.50. The molecule has 0 amide bonds. The van der Waals surface area contributed by atoms with E-state index >= 15 is 0 Å². The number of aryl methyl sites for hydroxylation is 1. The fourth-order valence-corrected chi connectivity index (χ4v) is 2.08. The Kier molecular flexibility index (Phi) is 7.56. The molecule has 0 aliphatic carbocycles. The van der Waals surface area contributed by atoms with Crippen LogP contribution in [0.5, 0.6) is 0 Å². The van der Waals surface area contributed by atoms with Gasteiger partial charge in [0.1, 0.15) is 0 Å².